The first-order valence-corrected chi connectivity index (χ1v) is 7.21. The Hall–Kier alpha value is -0.550. The highest BCUT2D eigenvalue weighted by atomic mass is 32.2. The molecule has 0 amide bonds. The van der Waals surface area contributed by atoms with E-state index in [4.69, 9.17) is 0 Å². The van der Waals surface area contributed by atoms with Gasteiger partial charge in [-0.15, -0.1) is 5.10 Å². The smallest absolute Gasteiger partial charge is 0.0692 e. The first-order chi connectivity index (χ1) is 7.93. The van der Waals surface area contributed by atoms with Crippen LogP contribution in [-0.4, -0.2) is 39.6 Å². The summed E-state index contributed by atoms with van der Waals surface area (Å²) in [5.74, 6) is 2.51. The maximum atomic E-state index is 3.93. The van der Waals surface area contributed by atoms with Crippen molar-refractivity contribution in [1.29, 1.82) is 0 Å². The van der Waals surface area contributed by atoms with Crippen molar-refractivity contribution in [3.8, 4) is 0 Å². The van der Waals surface area contributed by atoms with Gasteiger partial charge in [0, 0.05) is 12.7 Å². The zero-order chi connectivity index (χ0) is 11.5. The highest BCUT2D eigenvalue weighted by Gasteiger charge is 1.92. The summed E-state index contributed by atoms with van der Waals surface area (Å²) in [5.41, 5.74) is 0. The van der Waals surface area contributed by atoms with E-state index in [9.17, 15) is 0 Å². The van der Waals surface area contributed by atoms with Gasteiger partial charge in [0.05, 0.1) is 6.20 Å². The summed E-state index contributed by atoms with van der Waals surface area (Å²) in [5, 5.41) is 11.2. The van der Waals surface area contributed by atoms with Gasteiger partial charge in [-0.05, 0) is 43.9 Å². The molecule has 1 rings (SSSR count). The Morgan fingerprint density at radius 1 is 1.25 bits per heavy atom. The number of aryl methyl sites for hydroxylation is 1. The Morgan fingerprint density at radius 3 is 2.88 bits per heavy atom. The van der Waals surface area contributed by atoms with E-state index in [1.165, 1.54) is 30.8 Å². The normalized spacial score (nSPS) is 10.8. The molecule has 0 atom stereocenters. The average Bonchev–Trinajstić information content (AvgIpc) is 2.80. The highest BCUT2D eigenvalue weighted by Crippen LogP contribution is 1.99. The summed E-state index contributed by atoms with van der Waals surface area (Å²) >= 11 is 2.02. The predicted octanol–water partition coefficient (Wildman–Crippen LogP) is 1.79. The molecule has 0 saturated heterocycles. The molecule has 1 heterocycles. The summed E-state index contributed by atoms with van der Waals surface area (Å²) in [4.78, 5) is 0. The lowest BCUT2D eigenvalue weighted by molar-refractivity contribution is 0.523. The van der Waals surface area contributed by atoms with Crippen LogP contribution in [0.5, 0.6) is 0 Å². The molecule has 0 aliphatic heterocycles. The van der Waals surface area contributed by atoms with Gasteiger partial charge in [-0.1, -0.05) is 12.1 Å². The van der Waals surface area contributed by atoms with E-state index in [1.54, 1.807) is 6.20 Å². The van der Waals surface area contributed by atoms with Crippen LogP contribution < -0.4 is 5.32 Å². The van der Waals surface area contributed by atoms with Crippen molar-refractivity contribution in [2.24, 2.45) is 0 Å². The quantitative estimate of drug-likeness (QED) is 0.635. The molecule has 0 saturated carbocycles. The second-order valence-corrected chi connectivity index (χ2v) is 5.07. The van der Waals surface area contributed by atoms with Gasteiger partial charge in [-0.25, -0.2) is 0 Å². The predicted molar refractivity (Wildman–Crippen MR) is 69.7 cm³/mol. The molecule has 0 fully saturated rings. The Labute approximate surface area is 102 Å². The molecule has 0 aromatic carbocycles. The third kappa shape index (κ3) is 6.85. The maximum Gasteiger partial charge on any atom is 0.0692 e. The van der Waals surface area contributed by atoms with E-state index in [-0.39, 0.29) is 0 Å². The molecule has 0 bridgehead atoms. The monoisotopic (exact) mass is 242 g/mol. The van der Waals surface area contributed by atoms with Gasteiger partial charge in [0.15, 0.2) is 0 Å². The van der Waals surface area contributed by atoms with Crippen molar-refractivity contribution in [1.82, 2.24) is 20.3 Å². The number of aromatic nitrogens is 3. The molecule has 0 spiro atoms. The van der Waals surface area contributed by atoms with Gasteiger partial charge in [-0.3, -0.25) is 4.68 Å². The number of hydrogen-bond acceptors (Lipinski definition) is 4. The number of nitrogens with zero attached hydrogens (tertiary/aromatic N) is 3. The zero-order valence-corrected chi connectivity index (χ0v) is 10.9. The van der Waals surface area contributed by atoms with E-state index in [2.05, 4.69) is 22.6 Å². The first-order valence-electron chi connectivity index (χ1n) is 6.06. The van der Waals surface area contributed by atoms with Gasteiger partial charge < -0.3 is 5.32 Å². The van der Waals surface area contributed by atoms with E-state index in [0.717, 1.165) is 19.6 Å². The molecule has 1 N–H and O–H groups in total. The fourth-order valence-corrected chi connectivity index (χ4v) is 2.08. The van der Waals surface area contributed by atoms with Crippen LogP contribution in [0.25, 0.3) is 0 Å². The lowest BCUT2D eigenvalue weighted by atomic mass is 10.3. The van der Waals surface area contributed by atoms with Crippen molar-refractivity contribution in [3.05, 3.63) is 12.4 Å². The fourth-order valence-electron chi connectivity index (χ4n) is 1.44. The third-order valence-corrected chi connectivity index (χ3v) is 3.29. The minimum absolute atomic E-state index is 0.980. The highest BCUT2D eigenvalue weighted by molar-refractivity contribution is 7.99. The standard InChI is InChI=1S/C11H22N4S/c1-2-16-11-5-7-12-6-3-4-9-15-10-8-13-14-15/h8,10,12H,2-7,9,11H2,1H3. The minimum atomic E-state index is 0.980. The Morgan fingerprint density at radius 2 is 2.12 bits per heavy atom. The summed E-state index contributed by atoms with van der Waals surface area (Å²) in [6.07, 6.45) is 7.29. The largest absolute Gasteiger partial charge is 0.317 e. The molecule has 0 radical (unpaired) electrons. The van der Waals surface area contributed by atoms with E-state index >= 15 is 0 Å². The van der Waals surface area contributed by atoms with Gasteiger partial charge >= 0.3 is 0 Å². The topological polar surface area (TPSA) is 42.7 Å². The molecule has 1 aromatic rings. The van der Waals surface area contributed by atoms with Crippen LogP contribution in [0.2, 0.25) is 0 Å². The van der Waals surface area contributed by atoms with E-state index < -0.39 is 0 Å². The van der Waals surface area contributed by atoms with Crippen LogP contribution in [0, 0.1) is 0 Å². The van der Waals surface area contributed by atoms with E-state index in [1.807, 2.05) is 22.6 Å². The second-order valence-electron chi connectivity index (χ2n) is 3.67. The van der Waals surface area contributed by atoms with Crippen molar-refractivity contribution >= 4 is 11.8 Å². The van der Waals surface area contributed by atoms with Gasteiger partial charge in [0.25, 0.3) is 0 Å². The Kier molecular flexibility index (Phi) is 8.16. The van der Waals surface area contributed by atoms with Gasteiger partial charge in [-0.2, -0.15) is 11.8 Å². The molecule has 4 nitrogen and oxygen atoms in total. The van der Waals surface area contributed by atoms with Crippen molar-refractivity contribution in [2.75, 3.05) is 24.6 Å². The summed E-state index contributed by atoms with van der Waals surface area (Å²) in [6.45, 7) is 5.46. The van der Waals surface area contributed by atoms with Crippen LogP contribution in [0.3, 0.4) is 0 Å². The van der Waals surface area contributed by atoms with Crippen molar-refractivity contribution in [2.45, 2.75) is 32.7 Å². The third-order valence-electron chi connectivity index (χ3n) is 2.31. The Balaban J connectivity index is 1.78. The minimum Gasteiger partial charge on any atom is -0.317 e. The van der Waals surface area contributed by atoms with Crippen LogP contribution in [-0.2, 0) is 6.54 Å². The molecule has 92 valence electrons. The van der Waals surface area contributed by atoms with Crippen molar-refractivity contribution < 1.29 is 0 Å². The molecule has 16 heavy (non-hydrogen) atoms. The summed E-state index contributed by atoms with van der Waals surface area (Å²) < 4.78 is 1.89. The fraction of sp³-hybridized carbons (Fsp3) is 0.818. The lowest BCUT2D eigenvalue weighted by Crippen LogP contribution is -2.17. The van der Waals surface area contributed by atoms with Crippen LogP contribution >= 0.6 is 11.8 Å². The summed E-state index contributed by atoms with van der Waals surface area (Å²) in [6, 6.07) is 0. The maximum absolute atomic E-state index is 3.93. The SMILES string of the molecule is CCSCCCNCCCCn1ccnn1. The number of hydrogen-bond donors (Lipinski definition) is 1. The van der Waals surface area contributed by atoms with Crippen LogP contribution in [0.1, 0.15) is 26.2 Å². The number of rotatable bonds is 10. The average molecular weight is 242 g/mol. The lowest BCUT2D eigenvalue weighted by Gasteiger charge is -2.04. The zero-order valence-electron chi connectivity index (χ0n) is 10.1. The molecule has 1 aromatic heterocycles. The second kappa shape index (κ2) is 9.66. The molecule has 0 aliphatic carbocycles. The number of thioether (sulfide) groups is 1. The van der Waals surface area contributed by atoms with Crippen molar-refractivity contribution in [3.63, 3.8) is 0 Å². The number of unbranched alkanes of at least 4 members (excludes halogenated alkanes) is 1. The van der Waals surface area contributed by atoms with Crippen LogP contribution in [0.4, 0.5) is 0 Å². The molecule has 0 unspecified atom stereocenters. The number of nitrogens with one attached hydrogen (secondary N) is 1. The molecule has 5 heteroatoms. The Bertz CT molecular complexity index is 238. The van der Waals surface area contributed by atoms with Gasteiger partial charge in [0.1, 0.15) is 0 Å². The molecular weight excluding hydrogens is 220 g/mol. The van der Waals surface area contributed by atoms with Gasteiger partial charge in [0.2, 0.25) is 0 Å². The van der Waals surface area contributed by atoms with Crippen LogP contribution in [0.15, 0.2) is 12.4 Å². The van der Waals surface area contributed by atoms with E-state index in [0.29, 0.717) is 0 Å². The molecular formula is C11H22N4S. The summed E-state index contributed by atoms with van der Waals surface area (Å²) in [7, 11) is 0. The molecule has 0 aliphatic rings. The first kappa shape index (κ1) is 13.5.